The maximum Gasteiger partial charge on any atom is 0.270 e. The fraction of sp³-hybridized carbons (Fsp3) is 0.105. The molecule has 1 N–H and O–H groups in total. The molecule has 28 heavy (non-hydrogen) atoms. The number of ketones is 1. The smallest absolute Gasteiger partial charge is 0.270 e. The van der Waals surface area contributed by atoms with Gasteiger partial charge in [0.15, 0.2) is 4.91 Å². The topological polar surface area (TPSA) is 66.5 Å². The van der Waals surface area contributed by atoms with Crippen LogP contribution in [0.3, 0.4) is 0 Å². The number of hydrogen-bond donors (Lipinski definition) is 1. The second kappa shape index (κ2) is 7.71. The fourth-order valence-corrected chi connectivity index (χ4v) is 6.16. The van der Waals surface area contributed by atoms with Crippen LogP contribution >= 0.6 is 34.3 Å². The predicted molar refractivity (Wildman–Crippen MR) is 114 cm³/mol. The van der Waals surface area contributed by atoms with Gasteiger partial charge in [-0.1, -0.05) is 29.8 Å². The standard InChI is InChI=1S/C19H15ClN2O3S3/c20-14-5-3-13(4-6-14)12-22-16-7-9-27-19(16)18(23)17(28(22,24)25)11-21-10-15-2-1-8-26-15/h1-9,11,21H,10,12H2/b17-11-. The van der Waals surface area contributed by atoms with Gasteiger partial charge in [-0.2, -0.15) is 0 Å². The quantitative estimate of drug-likeness (QED) is 0.575. The van der Waals surface area contributed by atoms with E-state index in [2.05, 4.69) is 5.32 Å². The highest BCUT2D eigenvalue weighted by molar-refractivity contribution is 7.97. The first kappa shape index (κ1) is 19.2. The van der Waals surface area contributed by atoms with Gasteiger partial charge in [0.2, 0.25) is 5.78 Å². The summed E-state index contributed by atoms with van der Waals surface area (Å²) >= 11 is 8.73. The highest BCUT2D eigenvalue weighted by Gasteiger charge is 2.41. The van der Waals surface area contributed by atoms with E-state index in [1.54, 1.807) is 47.0 Å². The van der Waals surface area contributed by atoms with Gasteiger partial charge in [-0.05, 0) is 40.6 Å². The maximum atomic E-state index is 13.2. The van der Waals surface area contributed by atoms with Crippen LogP contribution in [0.1, 0.15) is 20.1 Å². The number of sulfonamides is 1. The molecule has 0 amide bonds. The van der Waals surface area contributed by atoms with Gasteiger partial charge in [0.1, 0.15) is 4.88 Å². The predicted octanol–water partition coefficient (Wildman–Crippen LogP) is 4.63. The Morgan fingerprint density at radius 2 is 1.86 bits per heavy atom. The number of nitrogens with one attached hydrogen (secondary N) is 1. The van der Waals surface area contributed by atoms with E-state index in [4.69, 9.17) is 11.6 Å². The third-order valence-corrected chi connectivity index (χ3v) is 8.04. The van der Waals surface area contributed by atoms with Crippen molar-refractivity contribution in [3.05, 3.63) is 84.7 Å². The lowest BCUT2D eigenvalue weighted by Gasteiger charge is -2.29. The van der Waals surface area contributed by atoms with Crippen LogP contribution in [0, 0.1) is 0 Å². The van der Waals surface area contributed by atoms with Gasteiger partial charge < -0.3 is 5.32 Å². The number of rotatable bonds is 5. The third kappa shape index (κ3) is 3.60. The number of nitrogens with zero attached hydrogens (tertiary/aromatic N) is 1. The Bertz CT molecular complexity index is 1130. The lowest BCUT2D eigenvalue weighted by molar-refractivity contribution is 0.104. The average Bonchev–Trinajstić information content (AvgIpc) is 3.35. The van der Waals surface area contributed by atoms with Gasteiger partial charge >= 0.3 is 0 Å². The molecule has 0 atom stereocenters. The lowest BCUT2D eigenvalue weighted by Crippen LogP contribution is -2.38. The van der Waals surface area contributed by atoms with Gasteiger partial charge in [-0.15, -0.1) is 22.7 Å². The van der Waals surface area contributed by atoms with E-state index in [1.807, 2.05) is 17.5 Å². The lowest BCUT2D eigenvalue weighted by atomic mass is 10.2. The molecule has 1 aromatic carbocycles. The Hall–Kier alpha value is -2.13. The summed E-state index contributed by atoms with van der Waals surface area (Å²) in [7, 11) is -3.99. The number of carbonyl (C=O) groups excluding carboxylic acids is 1. The van der Waals surface area contributed by atoms with Crippen LogP contribution < -0.4 is 9.62 Å². The largest absolute Gasteiger partial charge is 0.385 e. The van der Waals surface area contributed by atoms with Crippen molar-refractivity contribution in [2.75, 3.05) is 4.31 Å². The molecule has 144 valence electrons. The van der Waals surface area contributed by atoms with Crippen molar-refractivity contribution in [1.82, 2.24) is 5.32 Å². The molecule has 0 spiro atoms. The number of allylic oxidation sites excluding steroid dienone is 1. The Morgan fingerprint density at radius 3 is 2.57 bits per heavy atom. The second-order valence-corrected chi connectivity index (χ2v) is 10.3. The molecule has 0 saturated carbocycles. The van der Waals surface area contributed by atoms with Crippen molar-refractivity contribution >= 4 is 55.8 Å². The molecule has 2 aromatic heterocycles. The molecule has 0 unspecified atom stereocenters. The number of hydrogen-bond acceptors (Lipinski definition) is 6. The van der Waals surface area contributed by atoms with E-state index in [-0.39, 0.29) is 11.4 Å². The van der Waals surface area contributed by atoms with Crippen molar-refractivity contribution in [3.8, 4) is 0 Å². The van der Waals surface area contributed by atoms with Crippen LogP contribution in [0.15, 0.2) is 64.3 Å². The zero-order valence-electron chi connectivity index (χ0n) is 14.5. The molecular formula is C19H15ClN2O3S3. The van der Waals surface area contributed by atoms with E-state index in [0.717, 1.165) is 10.4 Å². The highest BCUT2D eigenvalue weighted by atomic mass is 35.5. The molecular weight excluding hydrogens is 436 g/mol. The highest BCUT2D eigenvalue weighted by Crippen LogP contribution is 2.39. The molecule has 0 fully saturated rings. The van der Waals surface area contributed by atoms with Crippen molar-refractivity contribution in [2.45, 2.75) is 13.1 Å². The van der Waals surface area contributed by atoms with Crippen molar-refractivity contribution in [3.63, 3.8) is 0 Å². The Labute approximate surface area is 175 Å². The number of Topliss-reactive ketones (excluding diaryl/α,β-unsaturated/α-hetero) is 1. The molecule has 9 heteroatoms. The average molecular weight is 451 g/mol. The first-order valence-corrected chi connectivity index (χ1v) is 11.9. The van der Waals surface area contributed by atoms with Gasteiger partial charge in [0, 0.05) is 22.6 Å². The molecule has 1 aliphatic heterocycles. The Morgan fingerprint density at radius 1 is 1.07 bits per heavy atom. The Balaban J connectivity index is 1.68. The number of thiophene rings is 2. The minimum atomic E-state index is -3.99. The number of anilines is 1. The normalized spacial score (nSPS) is 17.0. The van der Waals surface area contributed by atoms with Crippen LogP contribution in [-0.2, 0) is 23.1 Å². The summed E-state index contributed by atoms with van der Waals surface area (Å²) in [6.45, 7) is 0.581. The van der Waals surface area contributed by atoms with Crippen molar-refractivity contribution in [2.24, 2.45) is 0 Å². The van der Waals surface area contributed by atoms with Crippen LogP contribution in [0.2, 0.25) is 5.02 Å². The van der Waals surface area contributed by atoms with E-state index in [0.29, 0.717) is 22.1 Å². The van der Waals surface area contributed by atoms with Gasteiger partial charge in [0.05, 0.1) is 12.2 Å². The summed E-state index contributed by atoms with van der Waals surface area (Å²) < 4.78 is 27.7. The summed E-state index contributed by atoms with van der Waals surface area (Å²) in [5.74, 6) is -0.476. The summed E-state index contributed by atoms with van der Waals surface area (Å²) in [6, 6.07) is 12.5. The second-order valence-electron chi connectivity index (χ2n) is 6.07. The van der Waals surface area contributed by atoms with Crippen LogP contribution in [0.25, 0.3) is 0 Å². The molecule has 5 nitrogen and oxygen atoms in total. The zero-order chi connectivity index (χ0) is 19.7. The van der Waals surface area contributed by atoms with E-state index in [1.165, 1.54) is 21.8 Å². The van der Waals surface area contributed by atoms with Crippen molar-refractivity contribution < 1.29 is 13.2 Å². The molecule has 3 heterocycles. The first-order chi connectivity index (χ1) is 13.5. The maximum absolute atomic E-state index is 13.2. The molecule has 3 aromatic rings. The zero-order valence-corrected chi connectivity index (χ0v) is 17.7. The molecule has 4 rings (SSSR count). The SMILES string of the molecule is O=C1/C(=C/NCc2cccs2)S(=O)(=O)N(Cc2ccc(Cl)cc2)c2ccsc21. The van der Waals surface area contributed by atoms with E-state index in [9.17, 15) is 13.2 Å². The monoisotopic (exact) mass is 450 g/mol. The molecule has 0 aliphatic carbocycles. The number of benzene rings is 1. The summed E-state index contributed by atoms with van der Waals surface area (Å²) in [4.78, 5) is 14.0. The summed E-state index contributed by atoms with van der Waals surface area (Å²) in [5, 5.41) is 7.22. The van der Waals surface area contributed by atoms with Gasteiger partial charge in [-0.25, -0.2) is 8.42 Å². The van der Waals surface area contributed by atoms with E-state index >= 15 is 0 Å². The third-order valence-electron chi connectivity index (χ3n) is 4.24. The summed E-state index contributed by atoms with van der Waals surface area (Å²) in [6.07, 6.45) is 1.31. The van der Waals surface area contributed by atoms with Crippen LogP contribution in [0.4, 0.5) is 5.69 Å². The van der Waals surface area contributed by atoms with Crippen LogP contribution in [0.5, 0.6) is 0 Å². The van der Waals surface area contributed by atoms with Crippen LogP contribution in [-0.4, -0.2) is 14.2 Å². The minimum Gasteiger partial charge on any atom is -0.385 e. The summed E-state index contributed by atoms with van der Waals surface area (Å²) in [5.41, 5.74) is 1.20. The molecule has 0 bridgehead atoms. The minimum absolute atomic E-state index is 0.124. The van der Waals surface area contributed by atoms with Crippen molar-refractivity contribution in [1.29, 1.82) is 0 Å². The molecule has 0 saturated heterocycles. The first-order valence-electron chi connectivity index (χ1n) is 8.32. The number of carbonyl (C=O) groups is 1. The Kier molecular flexibility index (Phi) is 5.29. The van der Waals surface area contributed by atoms with E-state index < -0.39 is 15.8 Å². The molecule has 1 aliphatic rings. The van der Waals surface area contributed by atoms with Gasteiger partial charge in [-0.3, -0.25) is 9.10 Å². The number of halogens is 1. The van der Waals surface area contributed by atoms with Gasteiger partial charge in [0.25, 0.3) is 10.0 Å². The number of fused-ring (bicyclic) bond motifs is 1. The molecule has 0 radical (unpaired) electrons. The fourth-order valence-electron chi connectivity index (χ4n) is 2.87.